The zero-order valence-electron chi connectivity index (χ0n) is 10.5. The van der Waals surface area contributed by atoms with Crippen LogP contribution in [0, 0.1) is 6.92 Å². The van der Waals surface area contributed by atoms with Crippen molar-refractivity contribution in [1.29, 1.82) is 0 Å². The SMILES string of the molecule is CCc1ccc(C)c(-c2ccccc2)c1.[I][V][I]. The van der Waals surface area contributed by atoms with Crippen LogP contribution in [0.2, 0.25) is 0 Å². The first-order valence-electron chi connectivity index (χ1n) is 5.80. The summed E-state index contributed by atoms with van der Waals surface area (Å²) < 4.78 is 0. The molecule has 0 aliphatic heterocycles. The average Bonchev–Trinajstić information content (AvgIpc) is 2.41. The molecule has 0 aliphatic rings. The molecule has 0 unspecified atom stereocenters. The molecule has 0 nitrogen and oxygen atoms in total. The van der Waals surface area contributed by atoms with Crippen LogP contribution >= 0.6 is 40.0 Å². The van der Waals surface area contributed by atoms with E-state index < -0.39 is 0 Å². The van der Waals surface area contributed by atoms with Crippen LogP contribution in [0.25, 0.3) is 11.1 Å². The van der Waals surface area contributed by atoms with Crippen LogP contribution in [-0.4, -0.2) is 0 Å². The molecule has 3 heteroatoms. The zero-order chi connectivity index (χ0) is 13.4. The fourth-order valence-electron chi connectivity index (χ4n) is 1.82. The van der Waals surface area contributed by atoms with E-state index in [1.54, 1.807) is 0 Å². The van der Waals surface area contributed by atoms with E-state index in [9.17, 15) is 0 Å². The van der Waals surface area contributed by atoms with E-state index in [1.807, 2.05) is 0 Å². The van der Waals surface area contributed by atoms with Gasteiger partial charge in [0.15, 0.2) is 0 Å². The molecule has 0 bridgehead atoms. The summed E-state index contributed by atoms with van der Waals surface area (Å²) in [4.78, 5) is 0. The standard InChI is InChI=1S/C15H16.2HI.V/c1-3-13-10-9-12(2)15(11-13)14-7-5-4-6-8-14;;;/h4-11H,3H2,1-2H3;2*1H;/q;;;+2/p-2. The number of hydrogen-bond acceptors (Lipinski definition) is 0. The second kappa shape index (κ2) is 9.40. The third kappa shape index (κ3) is 5.23. The summed E-state index contributed by atoms with van der Waals surface area (Å²) in [7, 11) is 0.628. The molecule has 95 valence electrons. The van der Waals surface area contributed by atoms with Gasteiger partial charge < -0.3 is 0 Å². The van der Waals surface area contributed by atoms with Crippen LogP contribution in [0.1, 0.15) is 18.1 Å². The van der Waals surface area contributed by atoms with Crippen molar-refractivity contribution in [2.24, 2.45) is 0 Å². The van der Waals surface area contributed by atoms with Crippen molar-refractivity contribution in [3.05, 3.63) is 59.7 Å². The molecule has 0 amide bonds. The van der Waals surface area contributed by atoms with E-state index in [1.165, 1.54) is 22.3 Å². The molecule has 0 spiro atoms. The molecule has 0 N–H and O–H groups in total. The normalized spacial score (nSPS) is 9.33. The minimum absolute atomic E-state index is 0.628. The Hall–Kier alpha value is 0.484. The van der Waals surface area contributed by atoms with Gasteiger partial charge in [0.1, 0.15) is 0 Å². The van der Waals surface area contributed by atoms with Gasteiger partial charge in [-0.2, -0.15) is 0 Å². The van der Waals surface area contributed by atoms with Crippen molar-refractivity contribution in [1.82, 2.24) is 0 Å². The van der Waals surface area contributed by atoms with Crippen LogP contribution in [0.15, 0.2) is 48.5 Å². The Labute approximate surface area is 139 Å². The van der Waals surface area contributed by atoms with Crippen molar-refractivity contribution in [2.75, 3.05) is 0 Å². The minimum atomic E-state index is 0.628. The van der Waals surface area contributed by atoms with Gasteiger partial charge in [0.2, 0.25) is 0 Å². The second-order valence-corrected chi connectivity index (χ2v) is 15.7. The summed E-state index contributed by atoms with van der Waals surface area (Å²) in [6.07, 6.45) is 1.10. The van der Waals surface area contributed by atoms with Gasteiger partial charge in [0.05, 0.1) is 0 Å². The Kier molecular flexibility index (Phi) is 8.63. The van der Waals surface area contributed by atoms with Gasteiger partial charge in [-0.15, -0.1) is 0 Å². The molecule has 2 aromatic rings. The average molecular weight is 501 g/mol. The third-order valence-electron chi connectivity index (χ3n) is 2.80. The topological polar surface area (TPSA) is 0 Å². The van der Waals surface area contributed by atoms with Crippen molar-refractivity contribution >= 4 is 40.0 Å². The van der Waals surface area contributed by atoms with Gasteiger partial charge in [0.25, 0.3) is 0 Å². The molecule has 0 heterocycles. The van der Waals surface area contributed by atoms with E-state index in [-0.39, 0.29) is 0 Å². The summed E-state index contributed by atoms with van der Waals surface area (Å²) in [5.41, 5.74) is 5.41. The van der Waals surface area contributed by atoms with Crippen molar-refractivity contribution in [2.45, 2.75) is 20.3 Å². The maximum absolute atomic E-state index is 2.37. The number of aryl methyl sites for hydroxylation is 2. The fourth-order valence-corrected chi connectivity index (χ4v) is 1.82. The first-order chi connectivity index (χ1) is 8.72. The summed E-state index contributed by atoms with van der Waals surface area (Å²) in [6.45, 7) is 4.36. The quantitative estimate of drug-likeness (QED) is 0.444. The second-order valence-electron chi connectivity index (χ2n) is 3.93. The maximum atomic E-state index is 2.37. The summed E-state index contributed by atoms with van der Waals surface area (Å²) in [6, 6.07) is 17.3. The Morgan fingerprint density at radius 1 is 1.00 bits per heavy atom. The molecule has 0 fully saturated rings. The van der Waals surface area contributed by atoms with Gasteiger partial charge in [-0.05, 0) is 35.6 Å². The first kappa shape index (κ1) is 16.5. The monoisotopic (exact) mass is 501 g/mol. The molecule has 2 rings (SSSR count). The molecular weight excluding hydrogens is 485 g/mol. The summed E-state index contributed by atoms with van der Waals surface area (Å²) >= 11 is 4.74. The predicted molar refractivity (Wildman–Crippen MR) is 94.0 cm³/mol. The molecular formula is C15H16I2V. The Balaban J connectivity index is 0.000000492. The number of benzene rings is 2. The van der Waals surface area contributed by atoms with Crippen LogP contribution in [0.3, 0.4) is 0 Å². The zero-order valence-corrected chi connectivity index (χ0v) is 16.2. The number of hydrogen-bond donors (Lipinski definition) is 0. The van der Waals surface area contributed by atoms with Crippen LogP contribution in [-0.2, 0) is 15.9 Å². The van der Waals surface area contributed by atoms with E-state index in [4.69, 9.17) is 0 Å². The van der Waals surface area contributed by atoms with Crippen LogP contribution in [0.4, 0.5) is 0 Å². The first-order valence-corrected chi connectivity index (χ1v) is 14.8. The van der Waals surface area contributed by atoms with Gasteiger partial charge in [-0.25, -0.2) is 0 Å². The fraction of sp³-hybridized carbons (Fsp3) is 0.200. The molecule has 0 aromatic heterocycles. The van der Waals surface area contributed by atoms with Gasteiger partial charge >= 0.3 is 49.4 Å². The van der Waals surface area contributed by atoms with E-state index in [0.29, 0.717) is 9.47 Å². The predicted octanol–water partition coefficient (Wildman–Crippen LogP) is 5.99. The summed E-state index contributed by atoms with van der Waals surface area (Å²) in [5, 5.41) is 0. The van der Waals surface area contributed by atoms with E-state index >= 15 is 0 Å². The molecule has 18 heavy (non-hydrogen) atoms. The van der Waals surface area contributed by atoms with Gasteiger partial charge in [0, 0.05) is 0 Å². The third-order valence-corrected chi connectivity index (χ3v) is 2.80. The Morgan fingerprint density at radius 2 is 1.61 bits per heavy atom. The molecule has 0 aliphatic carbocycles. The Bertz CT molecular complexity index is 469. The summed E-state index contributed by atoms with van der Waals surface area (Å²) in [5.74, 6) is 0. The molecule has 0 saturated heterocycles. The van der Waals surface area contributed by atoms with Gasteiger partial charge in [-0.3, -0.25) is 0 Å². The van der Waals surface area contributed by atoms with E-state index in [2.05, 4.69) is 102 Å². The Morgan fingerprint density at radius 3 is 2.17 bits per heavy atom. The van der Waals surface area contributed by atoms with Crippen molar-refractivity contribution in [3.63, 3.8) is 0 Å². The number of halogens is 2. The van der Waals surface area contributed by atoms with Crippen LogP contribution < -0.4 is 0 Å². The molecule has 0 atom stereocenters. The number of rotatable bonds is 2. The molecule has 0 saturated carbocycles. The van der Waals surface area contributed by atoms with E-state index in [0.717, 1.165) is 6.42 Å². The van der Waals surface area contributed by atoms with Crippen molar-refractivity contribution in [3.8, 4) is 11.1 Å². The molecule has 2 aromatic carbocycles. The van der Waals surface area contributed by atoms with Crippen molar-refractivity contribution < 1.29 is 9.47 Å². The van der Waals surface area contributed by atoms with Gasteiger partial charge in [-0.1, -0.05) is 55.5 Å². The van der Waals surface area contributed by atoms with Crippen LogP contribution in [0.5, 0.6) is 0 Å². The molecule has 0 radical (unpaired) electrons.